The van der Waals surface area contributed by atoms with Crippen molar-refractivity contribution in [2.24, 2.45) is 0 Å². The summed E-state index contributed by atoms with van der Waals surface area (Å²) in [6, 6.07) is 5.34. The summed E-state index contributed by atoms with van der Waals surface area (Å²) in [4.78, 5) is 11.0. The predicted molar refractivity (Wildman–Crippen MR) is 58.4 cm³/mol. The average molecular weight is 282 g/mol. The van der Waals surface area contributed by atoms with Crippen LogP contribution in [0.5, 0.6) is 0 Å². The minimum atomic E-state index is -0.662. The molecule has 1 unspecified atom stereocenters. The number of rotatable bonds is 2. The minimum Gasteiger partial charge on any atom is -0.298 e. The first-order valence-corrected chi connectivity index (χ1v) is 5.23. The van der Waals surface area contributed by atoms with E-state index in [-0.39, 0.29) is 5.78 Å². The Balaban J connectivity index is 3.15. The van der Waals surface area contributed by atoms with Gasteiger partial charge in [-0.2, -0.15) is 0 Å². The summed E-state index contributed by atoms with van der Waals surface area (Å²) in [5.41, 5.74) is 0.644. The SMILES string of the molecule is CC(=O)C(Cl)c1cccc(Br)c1Cl. The third-order valence-corrected chi connectivity index (χ3v) is 3.46. The van der Waals surface area contributed by atoms with E-state index >= 15 is 0 Å². The summed E-state index contributed by atoms with van der Waals surface area (Å²) in [6.07, 6.45) is 0. The Morgan fingerprint density at radius 2 is 2.15 bits per heavy atom. The molecule has 1 atom stereocenters. The average Bonchev–Trinajstić information content (AvgIpc) is 2.08. The molecule has 4 heteroatoms. The van der Waals surface area contributed by atoms with Crippen molar-refractivity contribution in [3.8, 4) is 0 Å². The Hall–Kier alpha value is -0.0500. The van der Waals surface area contributed by atoms with Crippen molar-refractivity contribution in [3.05, 3.63) is 33.3 Å². The van der Waals surface area contributed by atoms with Gasteiger partial charge in [0, 0.05) is 4.47 Å². The second-order valence-corrected chi connectivity index (χ2v) is 4.28. The first-order valence-electron chi connectivity index (χ1n) is 3.62. The van der Waals surface area contributed by atoms with E-state index in [1.807, 2.05) is 0 Å². The molecule has 1 nitrogen and oxygen atoms in total. The molecule has 0 heterocycles. The maximum Gasteiger partial charge on any atom is 0.152 e. The molecule has 0 aromatic heterocycles. The number of carbonyl (C=O) groups is 1. The van der Waals surface area contributed by atoms with Crippen molar-refractivity contribution in [1.82, 2.24) is 0 Å². The number of halogens is 3. The number of carbonyl (C=O) groups excluding carboxylic acids is 1. The van der Waals surface area contributed by atoms with Gasteiger partial charge in [-0.1, -0.05) is 23.7 Å². The lowest BCUT2D eigenvalue weighted by Gasteiger charge is -2.08. The van der Waals surface area contributed by atoms with Crippen molar-refractivity contribution < 1.29 is 4.79 Å². The lowest BCUT2D eigenvalue weighted by atomic mass is 10.1. The molecule has 0 aliphatic rings. The molecule has 0 aliphatic carbocycles. The summed E-state index contributed by atoms with van der Waals surface area (Å²) >= 11 is 15.1. The van der Waals surface area contributed by atoms with Gasteiger partial charge in [-0.3, -0.25) is 4.79 Å². The Labute approximate surface area is 95.2 Å². The highest BCUT2D eigenvalue weighted by Gasteiger charge is 2.17. The zero-order valence-corrected chi connectivity index (χ0v) is 9.95. The van der Waals surface area contributed by atoms with Crippen LogP contribution in [0.2, 0.25) is 5.02 Å². The molecule has 0 radical (unpaired) electrons. The maximum atomic E-state index is 11.0. The van der Waals surface area contributed by atoms with Crippen molar-refractivity contribution in [2.75, 3.05) is 0 Å². The van der Waals surface area contributed by atoms with Crippen LogP contribution in [0.4, 0.5) is 0 Å². The summed E-state index contributed by atoms with van der Waals surface area (Å²) < 4.78 is 0.749. The lowest BCUT2D eigenvalue weighted by molar-refractivity contribution is -0.116. The third-order valence-electron chi connectivity index (χ3n) is 1.61. The fourth-order valence-electron chi connectivity index (χ4n) is 0.935. The molecule has 70 valence electrons. The monoisotopic (exact) mass is 280 g/mol. The minimum absolute atomic E-state index is 0.110. The van der Waals surface area contributed by atoms with E-state index in [4.69, 9.17) is 23.2 Å². The molecule has 0 saturated heterocycles. The van der Waals surface area contributed by atoms with Gasteiger partial charge in [0.25, 0.3) is 0 Å². The van der Waals surface area contributed by atoms with Crippen LogP contribution in [0.25, 0.3) is 0 Å². The third kappa shape index (κ3) is 2.46. The van der Waals surface area contributed by atoms with E-state index < -0.39 is 5.38 Å². The van der Waals surface area contributed by atoms with Gasteiger partial charge in [0.2, 0.25) is 0 Å². The van der Waals surface area contributed by atoms with E-state index in [0.717, 1.165) is 4.47 Å². The second-order valence-electron chi connectivity index (χ2n) is 2.62. The Kier molecular flexibility index (Phi) is 3.77. The molecule has 0 aliphatic heterocycles. The number of ketones is 1. The Bertz CT molecular complexity index is 338. The van der Waals surface area contributed by atoms with Crippen LogP contribution in [0.3, 0.4) is 0 Å². The van der Waals surface area contributed by atoms with Gasteiger partial charge >= 0.3 is 0 Å². The van der Waals surface area contributed by atoms with Crippen molar-refractivity contribution >= 4 is 44.9 Å². The molecule has 13 heavy (non-hydrogen) atoms. The van der Waals surface area contributed by atoms with Crippen molar-refractivity contribution in [1.29, 1.82) is 0 Å². The van der Waals surface area contributed by atoms with Gasteiger partial charge < -0.3 is 0 Å². The van der Waals surface area contributed by atoms with Crippen LogP contribution in [-0.4, -0.2) is 5.78 Å². The van der Waals surface area contributed by atoms with Gasteiger partial charge in [0.05, 0.1) is 5.02 Å². The highest BCUT2D eigenvalue weighted by molar-refractivity contribution is 9.10. The molecule has 0 fully saturated rings. The van der Waals surface area contributed by atoms with Gasteiger partial charge in [0.1, 0.15) is 5.38 Å². The van der Waals surface area contributed by atoms with Gasteiger partial charge in [-0.25, -0.2) is 0 Å². The van der Waals surface area contributed by atoms with E-state index in [0.29, 0.717) is 10.6 Å². The maximum absolute atomic E-state index is 11.0. The van der Waals surface area contributed by atoms with Crippen molar-refractivity contribution in [2.45, 2.75) is 12.3 Å². The van der Waals surface area contributed by atoms with E-state index in [1.165, 1.54) is 6.92 Å². The van der Waals surface area contributed by atoms with E-state index in [9.17, 15) is 4.79 Å². The first kappa shape index (κ1) is 11.0. The highest BCUT2D eigenvalue weighted by atomic mass is 79.9. The second kappa shape index (κ2) is 4.45. The molecule has 0 bridgehead atoms. The molecule has 1 aromatic carbocycles. The molecule has 0 N–H and O–H groups in total. The van der Waals surface area contributed by atoms with Crippen molar-refractivity contribution in [3.63, 3.8) is 0 Å². The van der Waals surface area contributed by atoms with E-state index in [1.54, 1.807) is 18.2 Å². The largest absolute Gasteiger partial charge is 0.298 e. The predicted octanol–water partition coefficient (Wildman–Crippen LogP) is 3.97. The first-order chi connectivity index (χ1) is 6.04. The number of benzene rings is 1. The zero-order chi connectivity index (χ0) is 10.0. The highest BCUT2D eigenvalue weighted by Crippen LogP contribution is 2.33. The number of hydrogen-bond acceptors (Lipinski definition) is 1. The number of Topliss-reactive ketones (excluding diaryl/α,β-unsaturated/α-hetero) is 1. The van der Waals surface area contributed by atoms with Gasteiger partial charge in [-0.05, 0) is 34.5 Å². The molecule has 1 aromatic rings. The molecular weight excluding hydrogens is 275 g/mol. The Morgan fingerprint density at radius 3 is 2.69 bits per heavy atom. The fraction of sp³-hybridized carbons (Fsp3) is 0.222. The topological polar surface area (TPSA) is 17.1 Å². The van der Waals surface area contributed by atoms with E-state index in [2.05, 4.69) is 15.9 Å². The summed E-state index contributed by atoms with van der Waals surface area (Å²) in [5, 5.41) is -0.164. The van der Waals surface area contributed by atoms with Gasteiger partial charge in [-0.15, -0.1) is 11.6 Å². The van der Waals surface area contributed by atoms with Crippen LogP contribution in [-0.2, 0) is 4.79 Å². The van der Waals surface area contributed by atoms with Crippen LogP contribution in [0, 0.1) is 0 Å². The number of hydrogen-bond donors (Lipinski definition) is 0. The lowest BCUT2D eigenvalue weighted by Crippen LogP contribution is -2.02. The smallest absolute Gasteiger partial charge is 0.152 e. The zero-order valence-electron chi connectivity index (χ0n) is 6.85. The summed E-state index contributed by atoms with van der Waals surface area (Å²) in [7, 11) is 0. The standard InChI is InChI=1S/C9H7BrCl2O/c1-5(13)8(11)6-3-2-4-7(10)9(6)12/h2-4,8H,1H3. The van der Waals surface area contributed by atoms with Crippen LogP contribution in [0.15, 0.2) is 22.7 Å². The van der Waals surface area contributed by atoms with Crippen LogP contribution in [0.1, 0.15) is 17.9 Å². The van der Waals surface area contributed by atoms with Crippen LogP contribution >= 0.6 is 39.1 Å². The molecular formula is C9H7BrCl2O. The molecule has 0 saturated carbocycles. The number of alkyl halides is 1. The molecule has 0 spiro atoms. The summed E-state index contributed by atoms with van der Waals surface area (Å²) in [6.45, 7) is 1.44. The quantitative estimate of drug-likeness (QED) is 0.750. The van der Waals surface area contributed by atoms with Crippen LogP contribution < -0.4 is 0 Å². The molecule has 1 rings (SSSR count). The molecule has 0 amide bonds. The van der Waals surface area contributed by atoms with Gasteiger partial charge in [0.15, 0.2) is 5.78 Å². The normalized spacial score (nSPS) is 12.6. The Morgan fingerprint density at radius 1 is 1.54 bits per heavy atom. The summed E-state index contributed by atoms with van der Waals surface area (Å²) in [5.74, 6) is -0.110. The fourth-order valence-corrected chi connectivity index (χ4v) is 1.79.